The van der Waals surface area contributed by atoms with Gasteiger partial charge >= 0.3 is 0 Å². The van der Waals surface area contributed by atoms with Gasteiger partial charge in [-0.2, -0.15) is 0 Å². The van der Waals surface area contributed by atoms with Gasteiger partial charge in [-0.25, -0.2) is 0 Å². The molecule has 1 heterocycles. The number of carbonyl (C=O) groups is 2. The SMILES string of the molecule is Cc1c(Cl)cccc1NC(=O)c1ccc2c(c1)OCC(=O)N2. The summed E-state index contributed by atoms with van der Waals surface area (Å²) in [4.78, 5) is 23.6. The summed E-state index contributed by atoms with van der Waals surface area (Å²) in [5, 5.41) is 6.09. The van der Waals surface area contributed by atoms with Gasteiger partial charge in [-0.15, -0.1) is 0 Å². The number of rotatable bonds is 2. The maximum Gasteiger partial charge on any atom is 0.262 e. The average molecular weight is 317 g/mol. The fourth-order valence-electron chi connectivity index (χ4n) is 2.15. The predicted octanol–water partition coefficient (Wildman–Crippen LogP) is 3.23. The highest BCUT2D eigenvalue weighted by atomic mass is 35.5. The molecular weight excluding hydrogens is 304 g/mol. The van der Waals surface area contributed by atoms with E-state index < -0.39 is 0 Å². The molecule has 5 nitrogen and oxygen atoms in total. The standard InChI is InChI=1S/C16H13ClN2O3/c1-9-11(17)3-2-4-12(9)19-16(21)10-5-6-13-14(7-10)22-8-15(20)18-13/h2-7H,8H2,1H3,(H,18,20)(H,19,21). The third-order valence-electron chi connectivity index (χ3n) is 3.39. The molecule has 0 unspecified atom stereocenters. The second kappa shape index (κ2) is 5.69. The van der Waals surface area contributed by atoms with Gasteiger partial charge in [-0.05, 0) is 42.8 Å². The number of anilines is 2. The number of benzene rings is 2. The number of nitrogens with one attached hydrogen (secondary N) is 2. The van der Waals surface area contributed by atoms with E-state index in [4.69, 9.17) is 16.3 Å². The number of halogens is 1. The number of fused-ring (bicyclic) bond motifs is 1. The van der Waals surface area contributed by atoms with Gasteiger partial charge in [-0.1, -0.05) is 17.7 Å². The van der Waals surface area contributed by atoms with Gasteiger partial charge < -0.3 is 15.4 Å². The third kappa shape index (κ3) is 2.76. The molecule has 6 heteroatoms. The lowest BCUT2D eigenvalue weighted by molar-refractivity contribution is -0.118. The van der Waals surface area contributed by atoms with Gasteiger partial charge in [0.2, 0.25) is 0 Å². The average Bonchev–Trinajstić information content (AvgIpc) is 2.51. The molecule has 2 aromatic rings. The van der Waals surface area contributed by atoms with Gasteiger partial charge in [0.1, 0.15) is 5.75 Å². The van der Waals surface area contributed by atoms with Crippen LogP contribution in [0.4, 0.5) is 11.4 Å². The zero-order valence-electron chi connectivity index (χ0n) is 11.8. The maximum absolute atomic E-state index is 12.3. The number of carbonyl (C=O) groups excluding carboxylic acids is 2. The van der Waals surface area contributed by atoms with E-state index in [1.165, 1.54) is 0 Å². The van der Waals surface area contributed by atoms with Gasteiger partial charge in [0.25, 0.3) is 11.8 Å². The molecule has 112 valence electrons. The number of ether oxygens (including phenoxy) is 1. The number of hydrogen-bond donors (Lipinski definition) is 2. The van der Waals surface area contributed by atoms with E-state index >= 15 is 0 Å². The number of hydrogen-bond acceptors (Lipinski definition) is 3. The molecule has 1 aliphatic rings. The Balaban J connectivity index is 1.84. The van der Waals surface area contributed by atoms with Gasteiger partial charge in [0.15, 0.2) is 6.61 Å². The van der Waals surface area contributed by atoms with Crippen molar-refractivity contribution in [3.63, 3.8) is 0 Å². The summed E-state index contributed by atoms with van der Waals surface area (Å²) >= 11 is 6.04. The highest BCUT2D eigenvalue weighted by Crippen LogP contribution is 2.29. The lowest BCUT2D eigenvalue weighted by Crippen LogP contribution is -2.25. The normalized spacial score (nSPS) is 12.9. The van der Waals surface area contributed by atoms with Gasteiger partial charge in [-0.3, -0.25) is 9.59 Å². The minimum absolute atomic E-state index is 0.0501. The van der Waals surface area contributed by atoms with Crippen LogP contribution in [0.1, 0.15) is 15.9 Å². The van der Waals surface area contributed by atoms with E-state index in [1.54, 1.807) is 36.4 Å². The van der Waals surface area contributed by atoms with Crippen LogP contribution in [0.2, 0.25) is 5.02 Å². The topological polar surface area (TPSA) is 67.4 Å². The van der Waals surface area contributed by atoms with Crippen molar-refractivity contribution in [2.24, 2.45) is 0 Å². The Bertz CT molecular complexity index is 774. The fourth-order valence-corrected chi connectivity index (χ4v) is 2.33. The zero-order chi connectivity index (χ0) is 15.7. The zero-order valence-corrected chi connectivity index (χ0v) is 12.5. The highest BCUT2D eigenvalue weighted by molar-refractivity contribution is 6.31. The van der Waals surface area contributed by atoms with E-state index in [9.17, 15) is 9.59 Å². The van der Waals surface area contributed by atoms with Crippen molar-refractivity contribution in [1.29, 1.82) is 0 Å². The van der Waals surface area contributed by atoms with Crippen LogP contribution < -0.4 is 15.4 Å². The summed E-state index contributed by atoms with van der Waals surface area (Å²) in [6, 6.07) is 10.2. The molecule has 3 rings (SSSR count). The van der Waals surface area contributed by atoms with Crippen LogP contribution in [0.5, 0.6) is 5.75 Å². The van der Waals surface area contributed by atoms with Crippen LogP contribution in [0.15, 0.2) is 36.4 Å². The number of amides is 2. The summed E-state index contributed by atoms with van der Waals surface area (Å²) in [7, 11) is 0. The van der Waals surface area contributed by atoms with Gasteiger partial charge in [0, 0.05) is 16.3 Å². The van der Waals surface area contributed by atoms with Crippen molar-refractivity contribution in [3.8, 4) is 5.75 Å². The molecule has 1 aliphatic heterocycles. The van der Waals surface area contributed by atoms with Crippen molar-refractivity contribution in [3.05, 3.63) is 52.5 Å². The first-order valence-corrected chi connectivity index (χ1v) is 7.05. The Kier molecular flexibility index (Phi) is 3.73. The van der Waals surface area contributed by atoms with Crippen LogP contribution in [-0.4, -0.2) is 18.4 Å². The Morgan fingerprint density at radius 3 is 2.95 bits per heavy atom. The summed E-state index contributed by atoms with van der Waals surface area (Å²) < 4.78 is 5.31. The van der Waals surface area contributed by atoms with E-state index in [0.29, 0.717) is 27.7 Å². The Morgan fingerprint density at radius 2 is 2.14 bits per heavy atom. The minimum Gasteiger partial charge on any atom is -0.482 e. The molecule has 0 radical (unpaired) electrons. The smallest absolute Gasteiger partial charge is 0.262 e. The monoisotopic (exact) mass is 316 g/mol. The second-order valence-electron chi connectivity index (χ2n) is 4.91. The quantitative estimate of drug-likeness (QED) is 0.894. The predicted molar refractivity (Wildman–Crippen MR) is 84.7 cm³/mol. The van der Waals surface area contributed by atoms with E-state index in [-0.39, 0.29) is 18.4 Å². The van der Waals surface area contributed by atoms with Crippen molar-refractivity contribution >= 4 is 34.8 Å². The van der Waals surface area contributed by atoms with Crippen molar-refractivity contribution in [2.75, 3.05) is 17.2 Å². The largest absolute Gasteiger partial charge is 0.482 e. The molecule has 22 heavy (non-hydrogen) atoms. The first kappa shape index (κ1) is 14.4. The summed E-state index contributed by atoms with van der Waals surface area (Å²) in [5.41, 5.74) is 2.46. The Labute approximate surface area is 132 Å². The van der Waals surface area contributed by atoms with Crippen LogP contribution in [0.3, 0.4) is 0 Å². The molecule has 0 saturated carbocycles. The molecule has 2 aromatic carbocycles. The molecule has 0 aromatic heterocycles. The molecule has 0 fully saturated rings. The lowest BCUT2D eigenvalue weighted by atomic mass is 10.1. The molecule has 0 atom stereocenters. The Morgan fingerprint density at radius 1 is 1.32 bits per heavy atom. The molecule has 0 aliphatic carbocycles. The summed E-state index contributed by atoms with van der Waals surface area (Å²) in [6.07, 6.45) is 0. The van der Waals surface area contributed by atoms with Crippen LogP contribution in [-0.2, 0) is 4.79 Å². The molecule has 2 amide bonds. The Hall–Kier alpha value is -2.53. The third-order valence-corrected chi connectivity index (χ3v) is 3.80. The minimum atomic E-state index is -0.270. The first-order chi connectivity index (χ1) is 10.5. The highest BCUT2D eigenvalue weighted by Gasteiger charge is 2.18. The van der Waals surface area contributed by atoms with E-state index in [1.807, 2.05) is 6.92 Å². The second-order valence-corrected chi connectivity index (χ2v) is 5.32. The van der Waals surface area contributed by atoms with E-state index in [2.05, 4.69) is 10.6 Å². The molecule has 0 saturated heterocycles. The first-order valence-electron chi connectivity index (χ1n) is 6.68. The lowest BCUT2D eigenvalue weighted by Gasteiger charge is -2.18. The van der Waals surface area contributed by atoms with Crippen LogP contribution in [0, 0.1) is 6.92 Å². The molecule has 2 N–H and O–H groups in total. The van der Waals surface area contributed by atoms with Crippen molar-refractivity contribution in [2.45, 2.75) is 6.92 Å². The maximum atomic E-state index is 12.3. The van der Waals surface area contributed by atoms with Crippen LogP contribution in [0.25, 0.3) is 0 Å². The van der Waals surface area contributed by atoms with Crippen molar-refractivity contribution < 1.29 is 14.3 Å². The van der Waals surface area contributed by atoms with Crippen molar-refractivity contribution in [1.82, 2.24) is 0 Å². The summed E-state index contributed by atoms with van der Waals surface area (Å²) in [5.74, 6) is 0.00277. The molecule has 0 spiro atoms. The van der Waals surface area contributed by atoms with Crippen LogP contribution >= 0.6 is 11.6 Å². The van der Waals surface area contributed by atoms with Gasteiger partial charge in [0.05, 0.1) is 5.69 Å². The van der Waals surface area contributed by atoms with E-state index in [0.717, 1.165) is 5.56 Å². The molecular formula is C16H13ClN2O3. The fraction of sp³-hybridized carbons (Fsp3) is 0.125. The molecule has 0 bridgehead atoms. The summed E-state index contributed by atoms with van der Waals surface area (Å²) in [6.45, 7) is 1.79.